The van der Waals surface area contributed by atoms with Crippen molar-refractivity contribution in [1.82, 2.24) is 9.97 Å². The number of hydrogen-bond donors (Lipinski definition) is 2. The molecule has 0 spiro atoms. The Kier molecular flexibility index (Phi) is 5.06. The van der Waals surface area contributed by atoms with E-state index in [-0.39, 0.29) is 11.7 Å². The fourth-order valence-electron chi connectivity index (χ4n) is 3.47. The van der Waals surface area contributed by atoms with E-state index in [1.165, 1.54) is 6.92 Å². The second kappa shape index (κ2) is 7.83. The highest BCUT2D eigenvalue weighted by Gasteiger charge is 2.14. The minimum Gasteiger partial charge on any atom is -0.507 e. The van der Waals surface area contributed by atoms with Crippen LogP contribution in [0.1, 0.15) is 12.5 Å². The van der Waals surface area contributed by atoms with Gasteiger partial charge < -0.3 is 15.2 Å². The summed E-state index contributed by atoms with van der Waals surface area (Å²) in [4.78, 5) is 20.5. The zero-order valence-electron chi connectivity index (χ0n) is 16.9. The van der Waals surface area contributed by atoms with Gasteiger partial charge in [-0.2, -0.15) is 0 Å². The number of carbonyl (C=O) groups is 1. The molecule has 6 heteroatoms. The SMILES string of the molecule is COc1cc2c(C)cc(-c3cc(-c4cccnc4)ccc3O)nc2cc1NC(C)=O. The fourth-order valence-corrected chi connectivity index (χ4v) is 3.47. The zero-order valence-corrected chi connectivity index (χ0v) is 16.9. The maximum Gasteiger partial charge on any atom is 0.221 e. The number of aromatic hydroxyl groups is 1. The highest BCUT2D eigenvalue weighted by Crippen LogP contribution is 2.36. The van der Waals surface area contributed by atoms with Crippen molar-refractivity contribution in [2.24, 2.45) is 0 Å². The molecule has 1 amide bonds. The van der Waals surface area contributed by atoms with Crippen LogP contribution in [-0.4, -0.2) is 28.1 Å². The van der Waals surface area contributed by atoms with Gasteiger partial charge in [0.2, 0.25) is 5.91 Å². The van der Waals surface area contributed by atoms with Crippen molar-refractivity contribution in [3.05, 3.63) is 66.5 Å². The number of benzene rings is 2. The topological polar surface area (TPSA) is 84.3 Å². The molecular formula is C24H21N3O3. The number of nitrogens with zero attached hydrogens (tertiary/aromatic N) is 2. The Bertz CT molecular complexity index is 1250. The summed E-state index contributed by atoms with van der Waals surface area (Å²) in [5.74, 6) is 0.517. The van der Waals surface area contributed by atoms with Crippen LogP contribution in [-0.2, 0) is 4.79 Å². The standard InChI is InChI=1S/C24H21N3O3/c1-14-9-20(19-10-16(6-7-23(19)29)17-5-4-8-25-13-17)27-21-12-22(26-15(2)28)24(30-3)11-18(14)21/h4-13,29H,1-3H3,(H,26,28). The van der Waals surface area contributed by atoms with Gasteiger partial charge in [-0.1, -0.05) is 12.1 Å². The first-order valence-electron chi connectivity index (χ1n) is 9.47. The Labute approximate surface area is 174 Å². The van der Waals surface area contributed by atoms with Gasteiger partial charge in [0, 0.05) is 35.8 Å². The van der Waals surface area contributed by atoms with Crippen LogP contribution in [0, 0.1) is 6.92 Å². The van der Waals surface area contributed by atoms with Crippen LogP contribution in [0.15, 0.2) is 60.9 Å². The number of phenols is 1. The number of aryl methyl sites for hydroxylation is 1. The van der Waals surface area contributed by atoms with E-state index in [1.54, 1.807) is 31.6 Å². The number of hydrogen-bond acceptors (Lipinski definition) is 5. The Hall–Kier alpha value is -3.93. The second-order valence-corrected chi connectivity index (χ2v) is 7.05. The molecule has 0 aliphatic heterocycles. The van der Waals surface area contributed by atoms with E-state index in [0.717, 1.165) is 22.1 Å². The average molecular weight is 399 g/mol. The number of phenolic OH excluding ortho intramolecular Hbond substituents is 1. The summed E-state index contributed by atoms with van der Waals surface area (Å²) in [6.45, 7) is 3.42. The lowest BCUT2D eigenvalue weighted by molar-refractivity contribution is -0.114. The van der Waals surface area contributed by atoms with Gasteiger partial charge in [0.15, 0.2) is 0 Å². The van der Waals surface area contributed by atoms with E-state index < -0.39 is 0 Å². The molecule has 30 heavy (non-hydrogen) atoms. The Morgan fingerprint density at radius 2 is 1.93 bits per heavy atom. The molecule has 2 heterocycles. The molecule has 0 saturated carbocycles. The van der Waals surface area contributed by atoms with E-state index in [9.17, 15) is 9.90 Å². The summed E-state index contributed by atoms with van der Waals surface area (Å²) in [7, 11) is 1.56. The van der Waals surface area contributed by atoms with Crippen LogP contribution in [0.2, 0.25) is 0 Å². The quantitative estimate of drug-likeness (QED) is 0.507. The lowest BCUT2D eigenvalue weighted by Crippen LogP contribution is -2.07. The summed E-state index contributed by atoms with van der Waals surface area (Å²) in [5, 5.41) is 14.2. The lowest BCUT2D eigenvalue weighted by atomic mass is 9.99. The van der Waals surface area contributed by atoms with Crippen LogP contribution in [0.3, 0.4) is 0 Å². The van der Waals surface area contributed by atoms with Crippen molar-refractivity contribution < 1.29 is 14.6 Å². The number of ether oxygens (including phenoxy) is 1. The normalized spacial score (nSPS) is 10.8. The largest absolute Gasteiger partial charge is 0.507 e. The lowest BCUT2D eigenvalue weighted by Gasteiger charge is -2.14. The average Bonchev–Trinajstić information content (AvgIpc) is 2.74. The number of amides is 1. The number of nitrogens with one attached hydrogen (secondary N) is 1. The van der Waals surface area contributed by atoms with Gasteiger partial charge >= 0.3 is 0 Å². The van der Waals surface area contributed by atoms with Gasteiger partial charge in [0.1, 0.15) is 11.5 Å². The monoisotopic (exact) mass is 399 g/mol. The summed E-state index contributed by atoms with van der Waals surface area (Å²) in [6.07, 6.45) is 3.50. The van der Waals surface area contributed by atoms with Crippen LogP contribution < -0.4 is 10.1 Å². The fraction of sp³-hybridized carbons (Fsp3) is 0.125. The van der Waals surface area contributed by atoms with Crippen molar-refractivity contribution in [2.75, 3.05) is 12.4 Å². The molecule has 0 atom stereocenters. The molecule has 150 valence electrons. The smallest absolute Gasteiger partial charge is 0.221 e. The maximum absolute atomic E-state index is 11.6. The molecule has 4 rings (SSSR count). The van der Waals surface area contributed by atoms with Crippen molar-refractivity contribution in [3.63, 3.8) is 0 Å². The first kappa shape index (κ1) is 19.4. The molecule has 2 N–H and O–H groups in total. The predicted molar refractivity (Wildman–Crippen MR) is 118 cm³/mol. The maximum atomic E-state index is 11.6. The first-order valence-corrected chi connectivity index (χ1v) is 9.47. The summed E-state index contributed by atoms with van der Waals surface area (Å²) in [6, 6.07) is 14.8. The van der Waals surface area contributed by atoms with Gasteiger partial charge in [-0.25, -0.2) is 4.98 Å². The van der Waals surface area contributed by atoms with E-state index in [4.69, 9.17) is 9.72 Å². The molecule has 0 bridgehead atoms. The molecular weight excluding hydrogens is 378 g/mol. The first-order chi connectivity index (χ1) is 14.5. The Morgan fingerprint density at radius 1 is 1.10 bits per heavy atom. The Morgan fingerprint density at radius 3 is 2.63 bits per heavy atom. The molecule has 0 radical (unpaired) electrons. The van der Waals surface area contributed by atoms with Gasteiger partial charge in [0.25, 0.3) is 0 Å². The van der Waals surface area contributed by atoms with Crippen molar-refractivity contribution >= 4 is 22.5 Å². The highest BCUT2D eigenvalue weighted by molar-refractivity contribution is 5.96. The second-order valence-electron chi connectivity index (χ2n) is 7.05. The zero-order chi connectivity index (χ0) is 21.3. The molecule has 6 nitrogen and oxygen atoms in total. The van der Waals surface area contributed by atoms with Crippen LogP contribution >= 0.6 is 0 Å². The van der Waals surface area contributed by atoms with Gasteiger partial charge in [-0.3, -0.25) is 9.78 Å². The molecule has 0 fully saturated rings. The minimum atomic E-state index is -0.192. The third kappa shape index (κ3) is 3.67. The molecule has 0 saturated heterocycles. The van der Waals surface area contributed by atoms with Gasteiger partial charge in [-0.15, -0.1) is 0 Å². The molecule has 2 aromatic heterocycles. The molecule has 0 aliphatic carbocycles. The van der Waals surface area contributed by atoms with E-state index in [2.05, 4.69) is 10.3 Å². The number of pyridine rings is 2. The van der Waals surface area contributed by atoms with Crippen molar-refractivity contribution in [3.8, 4) is 33.9 Å². The molecule has 2 aromatic carbocycles. The van der Waals surface area contributed by atoms with Crippen LogP contribution in [0.4, 0.5) is 5.69 Å². The molecule has 4 aromatic rings. The number of methoxy groups -OCH3 is 1. The predicted octanol–water partition coefficient (Wildman–Crippen LogP) is 4.94. The minimum absolute atomic E-state index is 0.143. The third-order valence-corrected chi connectivity index (χ3v) is 4.91. The highest BCUT2D eigenvalue weighted by atomic mass is 16.5. The number of fused-ring (bicyclic) bond motifs is 1. The van der Waals surface area contributed by atoms with Gasteiger partial charge in [0.05, 0.1) is 24.0 Å². The number of carbonyl (C=O) groups excluding carboxylic acids is 1. The summed E-state index contributed by atoms with van der Waals surface area (Å²) >= 11 is 0. The number of anilines is 1. The van der Waals surface area contributed by atoms with E-state index >= 15 is 0 Å². The molecule has 0 aliphatic rings. The number of aromatic nitrogens is 2. The third-order valence-electron chi connectivity index (χ3n) is 4.91. The summed E-state index contributed by atoms with van der Waals surface area (Å²) in [5.41, 5.74) is 5.38. The van der Waals surface area contributed by atoms with Gasteiger partial charge in [-0.05, 0) is 54.4 Å². The van der Waals surface area contributed by atoms with Crippen LogP contribution in [0.25, 0.3) is 33.3 Å². The van der Waals surface area contributed by atoms with Crippen LogP contribution in [0.5, 0.6) is 11.5 Å². The Balaban J connectivity index is 1.88. The van der Waals surface area contributed by atoms with E-state index in [1.807, 2.05) is 43.3 Å². The number of rotatable bonds is 4. The molecule has 0 unspecified atom stereocenters. The summed E-state index contributed by atoms with van der Waals surface area (Å²) < 4.78 is 5.42. The van der Waals surface area contributed by atoms with E-state index in [0.29, 0.717) is 28.2 Å². The van der Waals surface area contributed by atoms with Crippen molar-refractivity contribution in [1.29, 1.82) is 0 Å². The van der Waals surface area contributed by atoms with Crippen molar-refractivity contribution in [2.45, 2.75) is 13.8 Å².